The highest BCUT2D eigenvalue weighted by Gasteiger charge is 2.33. The highest BCUT2D eigenvalue weighted by atomic mass is 19.1. The van der Waals surface area contributed by atoms with Gasteiger partial charge in [-0.2, -0.15) is 5.26 Å². The Kier molecular flexibility index (Phi) is 2.20. The second kappa shape index (κ2) is 3.38. The van der Waals surface area contributed by atoms with Crippen LogP contribution < -0.4 is 0 Å². The third kappa shape index (κ3) is 1.60. The maximum absolute atomic E-state index is 13.3. The molecule has 1 aliphatic rings. The van der Waals surface area contributed by atoms with Crippen LogP contribution in [0.1, 0.15) is 24.3 Å². The first-order valence-corrected chi connectivity index (χ1v) is 4.57. The van der Waals surface area contributed by atoms with Gasteiger partial charge in [-0.3, -0.25) is 0 Å². The zero-order valence-electron chi connectivity index (χ0n) is 7.50. The Hall–Kier alpha value is -1.43. The number of halogens is 2. The van der Waals surface area contributed by atoms with Crippen LogP contribution in [0.15, 0.2) is 18.2 Å². The van der Waals surface area contributed by atoms with E-state index in [4.69, 9.17) is 5.26 Å². The second-order valence-electron chi connectivity index (χ2n) is 3.61. The Balaban J connectivity index is 2.35. The number of rotatable bonds is 2. The van der Waals surface area contributed by atoms with Gasteiger partial charge in [0.15, 0.2) is 0 Å². The lowest BCUT2D eigenvalue weighted by Crippen LogP contribution is -2.01. The molecule has 1 fully saturated rings. The van der Waals surface area contributed by atoms with E-state index in [1.807, 2.05) is 0 Å². The Morgan fingerprint density at radius 2 is 2.07 bits per heavy atom. The molecule has 14 heavy (non-hydrogen) atoms. The highest BCUT2D eigenvalue weighted by Crippen LogP contribution is 2.42. The summed E-state index contributed by atoms with van der Waals surface area (Å²) in [4.78, 5) is 0. The average Bonchev–Trinajstić information content (AvgIpc) is 2.93. The Morgan fingerprint density at radius 1 is 1.36 bits per heavy atom. The van der Waals surface area contributed by atoms with Crippen molar-refractivity contribution in [2.24, 2.45) is 5.92 Å². The summed E-state index contributed by atoms with van der Waals surface area (Å²) in [5.41, 5.74) is 0.330. The van der Waals surface area contributed by atoms with Crippen LogP contribution in [0.25, 0.3) is 0 Å². The molecule has 0 aliphatic heterocycles. The molecular weight excluding hydrogens is 184 g/mol. The van der Waals surface area contributed by atoms with Crippen LogP contribution in [0.3, 0.4) is 0 Å². The molecular formula is C11H9F2N. The van der Waals surface area contributed by atoms with Crippen molar-refractivity contribution in [3.8, 4) is 6.07 Å². The summed E-state index contributed by atoms with van der Waals surface area (Å²) in [5, 5.41) is 8.87. The zero-order chi connectivity index (χ0) is 10.1. The van der Waals surface area contributed by atoms with Crippen LogP contribution in [0, 0.1) is 28.9 Å². The SMILES string of the molecule is N#CC(c1ccc(F)cc1F)C1CC1. The third-order valence-electron chi connectivity index (χ3n) is 2.53. The van der Waals surface area contributed by atoms with Crippen molar-refractivity contribution >= 4 is 0 Å². The van der Waals surface area contributed by atoms with Crippen LogP contribution in [-0.4, -0.2) is 0 Å². The van der Waals surface area contributed by atoms with Crippen LogP contribution in [0.2, 0.25) is 0 Å². The minimum atomic E-state index is -0.608. The van der Waals surface area contributed by atoms with E-state index in [2.05, 4.69) is 6.07 Å². The second-order valence-corrected chi connectivity index (χ2v) is 3.61. The Labute approximate surface area is 81.0 Å². The van der Waals surface area contributed by atoms with E-state index < -0.39 is 17.6 Å². The first kappa shape index (κ1) is 9.14. The minimum absolute atomic E-state index is 0.264. The van der Waals surface area contributed by atoms with Gasteiger partial charge >= 0.3 is 0 Å². The molecule has 0 radical (unpaired) electrons. The summed E-state index contributed by atoms with van der Waals surface area (Å²) >= 11 is 0. The molecule has 1 unspecified atom stereocenters. The zero-order valence-corrected chi connectivity index (χ0v) is 7.50. The molecule has 0 heterocycles. The van der Waals surface area contributed by atoms with Gasteiger partial charge in [-0.15, -0.1) is 0 Å². The molecule has 1 aliphatic carbocycles. The normalized spacial score (nSPS) is 17.5. The van der Waals surface area contributed by atoms with Crippen LogP contribution in [0.5, 0.6) is 0 Å². The molecule has 0 aromatic heterocycles. The molecule has 3 heteroatoms. The maximum atomic E-state index is 13.3. The average molecular weight is 193 g/mol. The van der Waals surface area contributed by atoms with Crippen LogP contribution >= 0.6 is 0 Å². The van der Waals surface area contributed by atoms with E-state index in [0.717, 1.165) is 18.9 Å². The number of hydrogen-bond acceptors (Lipinski definition) is 1. The molecule has 0 N–H and O–H groups in total. The fraction of sp³-hybridized carbons (Fsp3) is 0.364. The quantitative estimate of drug-likeness (QED) is 0.708. The molecule has 1 aromatic rings. The number of hydrogen-bond donors (Lipinski definition) is 0. The van der Waals surface area contributed by atoms with Gasteiger partial charge in [0.05, 0.1) is 12.0 Å². The van der Waals surface area contributed by atoms with Crippen molar-refractivity contribution in [3.05, 3.63) is 35.4 Å². The van der Waals surface area contributed by atoms with Gasteiger partial charge in [-0.1, -0.05) is 6.07 Å². The first-order valence-electron chi connectivity index (χ1n) is 4.57. The van der Waals surface area contributed by atoms with Crippen LogP contribution in [-0.2, 0) is 0 Å². The van der Waals surface area contributed by atoms with Crippen molar-refractivity contribution in [2.45, 2.75) is 18.8 Å². The van der Waals surface area contributed by atoms with Crippen molar-refractivity contribution in [2.75, 3.05) is 0 Å². The van der Waals surface area contributed by atoms with Gasteiger partial charge in [-0.25, -0.2) is 8.78 Å². The van der Waals surface area contributed by atoms with Gasteiger partial charge < -0.3 is 0 Å². The summed E-state index contributed by atoms with van der Waals surface area (Å²) in [6.45, 7) is 0. The lowest BCUT2D eigenvalue weighted by Gasteiger charge is -2.08. The van der Waals surface area contributed by atoms with E-state index in [1.54, 1.807) is 0 Å². The molecule has 1 aromatic carbocycles. The largest absolute Gasteiger partial charge is 0.207 e. The molecule has 0 spiro atoms. The lowest BCUT2D eigenvalue weighted by molar-refractivity contribution is 0.559. The van der Waals surface area contributed by atoms with E-state index >= 15 is 0 Å². The summed E-state index contributed by atoms with van der Waals surface area (Å²) in [5.74, 6) is -1.35. The Morgan fingerprint density at radius 3 is 2.57 bits per heavy atom. The van der Waals surface area contributed by atoms with Crippen molar-refractivity contribution in [1.29, 1.82) is 5.26 Å². The van der Waals surface area contributed by atoms with Gasteiger partial charge in [0.25, 0.3) is 0 Å². The lowest BCUT2D eigenvalue weighted by atomic mass is 9.95. The van der Waals surface area contributed by atoms with Gasteiger partial charge in [0, 0.05) is 11.6 Å². The van der Waals surface area contributed by atoms with Gasteiger partial charge in [0.1, 0.15) is 11.6 Å². The Bertz CT molecular complexity index is 391. The van der Waals surface area contributed by atoms with Crippen LogP contribution in [0.4, 0.5) is 8.78 Å². The van der Waals surface area contributed by atoms with Crippen molar-refractivity contribution < 1.29 is 8.78 Å². The predicted molar refractivity (Wildman–Crippen MR) is 47.4 cm³/mol. The summed E-state index contributed by atoms with van der Waals surface area (Å²) in [7, 11) is 0. The molecule has 0 bridgehead atoms. The maximum Gasteiger partial charge on any atom is 0.130 e. The number of nitriles is 1. The third-order valence-corrected chi connectivity index (χ3v) is 2.53. The number of benzene rings is 1. The molecule has 0 amide bonds. The summed E-state index contributed by atoms with van der Waals surface area (Å²) in [6, 6.07) is 5.48. The predicted octanol–water partition coefficient (Wildman–Crippen LogP) is 2.98. The molecule has 0 saturated heterocycles. The fourth-order valence-electron chi connectivity index (χ4n) is 1.61. The molecule has 2 rings (SSSR count). The van der Waals surface area contributed by atoms with Crippen molar-refractivity contribution in [1.82, 2.24) is 0 Å². The highest BCUT2D eigenvalue weighted by molar-refractivity contribution is 5.29. The van der Waals surface area contributed by atoms with E-state index in [0.29, 0.717) is 5.56 Å². The standard InChI is InChI=1S/C11H9F2N/c12-8-3-4-9(11(13)5-8)10(6-14)7-1-2-7/h3-5,7,10H,1-2H2. The smallest absolute Gasteiger partial charge is 0.130 e. The van der Waals surface area contributed by atoms with Gasteiger partial charge in [-0.05, 0) is 24.8 Å². The van der Waals surface area contributed by atoms with Gasteiger partial charge in [0.2, 0.25) is 0 Å². The van der Waals surface area contributed by atoms with E-state index in [9.17, 15) is 8.78 Å². The fourth-order valence-corrected chi connectivity index (χ4v) is 1.61. The first-order chi connectivity index (χ1) is 6.72. The minimum Gasteiger partial charge on any atom is -0.207 e. The number of nitrogens with zero attached hydrogens (tertiary/aromatic N) is 1. The summed E-state index contributed by atoms with van der Waals surface area (Å²) < 4.78 is 25.9. The topological polar surface area (TPSA) is 23.8 Å². The summed E-state index contributed by atoms with van der Waals surface area (Å²) in [6.07, 6.45) is 1.93. The molecule has 1 saturated carbocycles. The van der Waals surface area contributed by atoms with E-state index in [1.165, 1.54) is 12.1 Å². The molecule has 1 nitrogen and oxygen atoms in total. The molecule has 1 atom stereocenters. The monoisotopic (exact) mass is 193 g/mol. The van der Waals surface area contributed by atoms with E-state index in [-0.39, 0.29) is 5.92 Å². The van der Waals surface area contributed by atoms with Crippen molar-refractivity contribution in [3.63, 3.8) is 0 Å². The molecule has 72 valence electrons.